The molecule has 0 radical (unpaired) electrons. The number of rotatable bonds is 5. The van der Waals surface area contributed by atoms with Gasteiger partial charge in [0.15, 0.2) is 5.65 Å². The molecule has 4 nitrogen and oxygen atoms in total. The van der Waals surface area contributed by atoms with E-state index in [0.717, 1.165) is 49.0 Å². The third kappa shape index (κ3) is 3.32. The molecule has 28 heavy (non-hydrogen) atoms. The lowest BCUT2D eigenvalue weighted by atomic mass is 9.86. The third-order valence-corrected chi connectivity index (χ3v) is 6.51. The van der Waals surface area contributed by atoms with Gasteiger partial charge in [0.1, 0.15) is 11.5 Å². The predicted molar refractivity (Wildman–Crippen MR) is 108 cm³/mol. The molecule has 3 heterocycles. The number of hydrogen-bond acceptors (Lipinski definition) is 3. The van der Waals surface area contributed by atoms with Crippen LogP contribution in [0.1, 0.15) is 48.2 Å². The molecule has 2 aliphatic rings. The van der Waals surface area contributed by atoms with Crippen molar-refractivity contribution >= 4 is 5.65 Å². The number of alkyl halides is 1. The molecule has 0 N–H and O–H groups in total. The zero-order valence-electron chi connectivity index (χ0n) is 16.4. The van der Waals surface area contributed by atoms with E-state index < -0.39 is 5.67 Å². The van der Waals surface area contributed by atoms with Crippen LogP contribution in [0.4, 0.5) is 4.39 Å². The normalized spacial score (nSPS) is 19.9. The first-order chi connectivity index (χ1) is 13.6. The van der Waals surface area contributed by atoms with Gasteiger partial charge in [-0.15, -0.1) is 10.2 Å². The third-order valence-electron chi connectivity index (χ3n) is 6.51. The number of likely N-dealkylation sites (tertiary alicyclic amines) is 1. The molecule has 0 spiro atoms. The highest BCUT2D eigenvalue weighted by Gasteiger charge is 2.36. The van der Waals surface area contributed by atoms with E-state index in [1.807, 2.05) is 30.3 Å². The second kappa shape index (κ2) is 6.96. The fourth-order valence-electron chi connectivity index (χ4n) is 4.39. The molecule has 0 amide bonds. The summed E-state index contributed by atoms with van der Waals surface area (Å²) in [4.78, 5) is 2.36. The van der Waals surface area contributed by atoms with Gasteiger partial charge in [0.05, 0.1) is 0 Å². The Labute approximate surface area is 165 Å². The molecule has 5 rings (SSSR count). The highest BCUT2D eigenvalue weighted by molar-refractivity contribution is 5.51. The van der Waals surface area contributed by atoms with E-state index in [1.54, 1.807) is 0 Å². The van der Waals surface area contributed by atoms with Gasteiger partial charge in [0.25, 0.3) is 0 Å². The Morgan fingerprint density at radius 1 is 1.07 bits per heavy atom. The van der Waals surface area contributed by atoms with Crippen molar-refractivity contribution in [3.8, 4) is 0 Å². The van der Waals surface area contributed by atoms with E-state index in [1.165, 1.54) is 24.0 Å². The Kier molecular flexibility index (Phi) is 4.43. The van der Waals surface area contributed by atoms with Gasteiger partial charge in [-0.1, -0.05) is 30.3 Å². The van der Waals surface area contributed by atoms with E-state index in [2.05, 4.69) is 38.7 Å². The lowest BCUT2D eigenvalue weighted by Gasteiger charge is -2.37. The summed E-state index contributed by atoms with van der Waals surface area (Å²) in [6.07, 6.45) is 6.89. The average molecular weight is 378 g/mol. The fraction of sp³-hybridized carbons (Fsp3) is 0.478. The Bertz CT molecular complexity index is 969. The number of nitrogens with zero attached hydrogens (tertiary/aromatic N) is 4. The standard InChI is InChI=1S/C23H27FN4/c1-17-19(9-12-28-21(15-18-7-8-18)25-26-22(17)28)16-27-13-10-23(24,11-14-27)20-5-3-2-4-6-20/h2-6,9,12,18H,7-8,10-11,13-16H2,1H3. The number of aromatic nitrogens is 3. The first kappa shape index (κ1) is 17.8. The molecular weight excluding hydrogens is 351 g/mol. The summed E-state index contributed by atoms with van der Waals surface area (Å²) in [5.41, 5.74) is 3.05. The number of piperidine rings is 1. The van der Waals surface area contributed by atoms with Crippen LogP contribution in [0.15, 0.2) is 42.6 Å². The lowest BCUT2D eigenvalue weighted by molar-refractivity contribution is 0.0525. The molecule has 0 bridgehead atoms. The van der Waals surface area contributed by atoms with Crippen LogP contribution in [0.2, 0.25) is 0 Å². The van der Waals surface area contributed by atoms with Gasteiger partial charge in [-0.3, -0.25) is 9.30 Å². The molecule has 1 aliphatic carbocycles. The lowest BCUT2D eigenvalue weighted by Crippen LogP contribution is -2.39. The van der Waals surface area contributed by atoms with Crippen LogP contribution in [-0.4, -0.2) is 32.6 Å². The summed E-state index contributed by atoms with van der Waals surface area (Å²) < 4.78 is 17.5. The first-order valence-corrected chi connectivity index (χ1v) is 10.4. The van der Waals surface area contributed by atoms with Crippen molar-refractivity contribution in [2.45, 2.75) is 51.2 Å². The average Bonchev–Trinajstić information content (AvgIpc) is 3.45. The number of halogens is 1. The molecule has 1 aromatic carbocycles. The van der Waals surface area contributed by atoms with Gasteiger partial charge in [0, 0.05) is 32.3 Å². The molecular formula is C23H27FN4. The van der Waals surface area contributed by atoms with Crippen molar-refractivity contribution in [1.29, 1.82) is 0 Å². The Balaban J connectivity index is 1.29. The smallest absolute Gasteiger partial charge is 0.164 e. The largest absolute Gasteiger partial charge is 0.299 e. The molecule has 0 unspecified atom stereocenters. The van der Waals surface area contributed by atoms with Crippen molar-refractivity contribution < 1.29 is 4.39 Å². The van der Waals surface area contributed by atoms with Gasteiger partial charge in [-0.25, -0.2) is 4.39 Å². The van der Waals surface area contributed by atoms with Crippen molar-refractivity contribution in [3.05, 3.63) is 65.1 Å². The number of hydrogen-bond donors (Lipinski definition) is 0. The van der Waals surface area contributed by atoms with E-state index in [4.69, 9.17) is 0 Å². The number of benzene rings is 1. The van der Waals surface area contributed by atoms with Crippen LogP contribution in [0.3, 0.4) is 0 Å². The van der Waals surface area contributed by atoms with Gasteiger partial charge >= 0.3 is 0 Å². The zero-order valence-corrected chi connectivity index (χ0v) is 16.4. The summed E-state index contributed by atoms with van der Waals surface area (Å²) in [5.74, 6) is 1.88. The van der Waals surface area contributed by atoms with Gasteiger partial charge in [0.2, 0.25) is 0 Å². The van der Waals surface area contributed by atoms with Gasteiger partial charge < -0.3 is 0 Å². The second-order valence-corrected chi connectivity index (χ2v) is 8.53. The van der Waals surface area contributed by atoms with Crippen LogP contribution < -0.4 is 0 Å². The Morgan fingerprint density at radius 3 is 2.54 bits per heavy atom. The van der Waals surface area contributed by atoms with Crippen LogP contribution >= 0.6 is 0 Å². The maximum absolute atomic E-state index is 15.4. The maximum Gasteiger partial charge on any atom is 0.164 e. The summed E-state index contributed by atoms with van der Waals surface area (Å²) in [6.45, 7) is 4.52. The Morgan fingerprint density at radius 2 is 1.82 bits per heavy atom. The first-order valence-electron chi connectivity index (χ1n) is 10.4. The van der Waals surface area contributed by atoms with E-state index in [0.29, 0.717) is 12.8 Å². The van der Waals surface area contributed by atoms with Gasteiger partial charge in [-0.2, -0.15) is 0 Å². The number of pyridine rings is 1. The van der Waals surface area contributed by atoms with E-state index in [-0.39, 0.29) is 0 Å². The monoisotopic (exact) mass is 378 g/mol. The van der Waals surface area contributed by atoms with E-state index in [9.17, 15) is 0 Å². The van der Waals surface area contributed by atoms with Crippen LogP contribution in [-0.2, 0) is 18.6 Å². The molecule has 1 aliphatic heterocycles. The number of aryl methyl sites for hydroxylation is 1. The van der Waals surface area contributed by atoms with Crippen LogP contribution in [0.25, 0.3) is 5.65 Å². The molecule has 146 valence electrons. The van der Waals surface area contributed by atoms with Crippen molar-refractivity contribution in [1.82, 2.24) is 19.5 Å². The van der Waals surface area contributed by atoms with E-state index >= 15 is 4.39 Å². The molecule has 1 saturated carbocycles. The summed E-state index contributed by atoms with van der Waals surface area (Å²) >= 11 is 0. The topological polar surface area (TPSA) is 33.4 Å². The fourth-order valence-corrected chi connectivity index (χ4v) is 4.39. The zero-order chi connectivity index (χ0) is 19.1. The summed E-state index contributed by atoms with van der Waals surface area (Å²) in [6, 6.07) is 11.8. The molecule has 2 aromatic heterocycles. The summed E-state index contributed by atoms with van der Waals surface area (Å²) in [5, 5.41) is 8.88. The van der Waals surface area contributed by atoms with Crippen LogP contribution in [0.5, 0.6) is 0 Å². The van der Waals surface area contributed by atoms with Crippen LogP contribution in [0, 0.1) is 12.8 Å². The Hall–Kier alpha value is -2.27. The molecule has 2 fully saturated rings. The molecule has 1 saturated heterocycles. The molecule has 0 atom stereocenters. The van der Waals surface area contributed by atoms with Gasteiger partial charge in [-0.05, 0) is 61.3 Å². The second-order valence-electron chi connectivity index (χ2n) is 8.53. The minimum absolute atomic E-state index is 0.550. The molecule has 5 heteroatoms. The van der Waals surface area contributed by atoms with Crippen molar-refractivity contribution in [3.63, 3.8) is 0 Å². The number of fused-ring (bicyclic) bond motifs is 1. The highest BCUT2D eigenvalue weighted by Crippen LogP contribution is 2.37. The SMILES string of the molecule is Cc1c(CN2CCC(F)(c3ccccc3)CC2)ccn2c(CC3CC3)nnc12. The maximum atomic E-state index is 15.4. The van der Waals surface area contributed by atoms with Crippen molar-refractivity contribution in [2.24, 2.45) is 5.92 Å². The summed E-state index contributed by atoms with van der Waals surface area (Å²) in [7, 11) is 0. The quantitative estimate of drug-likeness (QED) is 0.658. The predicted octanol–water partition coefficient (Wildman–Crippen LogP) is 4.45. The minimum Gasteiger partial charge on any atom is -0.299 e. The minimum atomic E-state index is -1.19. The highest BCUT2D eigenvalue weighted by atomic mass is 19.1. The van der Waals surface area contributed by atoms with Crippen molar-refractivity contribution in [2.75, 3.05) is 13.1 Å². The molecule has 3 aromatic rings.